The Morgan fingerprint density at radius 2 is 1.92 bits per heavy atom. The highest BCUT2D eigenvalue weighted by atomic mass is 79.9. The largest absolute Gasteiger partial charge is 0.321 e. The van der Waals surface area contributed by atoms with E-state index >= 15 is 0 Å². The Bertz CT molecular complexity index is 884. The molecule has 0 aliphatic carbocycles. The van der Waals surface area contributed by atoms with Crippen LogP contribution < -0.4 is 5.32 Å². The second-order valence-electron chi connectivity index (χ2n) is 6.09. The monoisotopic (exact) mass is 399 g/mol. The summed E-state index contributed by atoms with van der Waals surface area (Å²) >= 11 is 3.46. The number of imidazole rings is 1. The third-order valence-corrected chi connectivity index (χ3v) is 4.70. The number of aromatic nitrogens is 2. The van der Waals surface area contributed by atoms with Crippen LogP contribution in [0.2, 0.25) is 0 Å². The van der Waals surface area contributed by atoms with Gasteiger partial charge in [0.15, 0.2) is 0 Å². The maximum Gasteiger partial charge on any atom is 0.274 e. The van der Waals surface area contributed by atoms with Crippen molar-refractivity contribution in [1.29, 1.82) is 0 Å². The molecule has 1 amide bonds. The van der Waals surface area contributed by atoms with E-state index in [1.807, 2.05) is 41.8 Å². The van der Waals surface area contributed by atoms with E-state index in [4.69, 9.17) is 0 Å². The first-order chi connectivity index (χ1) is 12.1. The molecule has 3 rings (SSSR count). The van der Waals surface area contributed by atoms with Gasteiger partial charge in [0, 0.05) is 16.4 Å². The summed E-state index contributed by atoms with van der Waals surface area (Å²) in [5, 5.41) is 3.00. The molecule has 0 aliphatic rings. The Kier molecular flexibility index (Phi) is 5.53. The molecule has 130 valence electrons. The number of benzene rings is 1. The minimum absolute atomic E-state index is 0.135. The zero-order chi connectivity index (χ0) is 17.8. The van der Waals surface area contributed by atoms with Gasteiger partial charge in [-0.25, -0.2) is 4.98 Å². The lowest BCUT2D eigenvalue weighted by Crippen LogP contribution is -2.16. The molecule has 0 spiro atoms. The number of anilines is 1. The van der Waals surface area contributed by atoms with Crippen molar-refractivity contribution in [2.75, 3.05) is 5.32 Å². The van der Waals surface area contributed by atoms with Crippen molar-refractivity contribution in [3.8, 4) is 0 Å². The van der Waals surface area contributed by atoms with Gasteiger partial charge in [0.2, 0.25) is 0 Å². The van der Waals surface area contributed by atoms with Crippen molar-refractivity contribution in [3.63, 3.8) is 0 Å². The Balaban J connectivity index is 1.85. The van der Waals surface area contributed by atoms with Crippen molar-refractivity contribution >= 4 is 33.2 Å². The van der Waals surface area contributed by atoms with Crippen LogP contribution >= 0.6 is 15.9 Å². The lowest BCUT2D eigenvalue weighted by atomic mass is 10.1. The summed E-state index contributed by atoms with van der Waals surface area (Å²) in [6.45, 7) is 4.20. The van der Waals surface area contributed by atoms with Gasteiger partial charge in [-0.2, -0.15) is 0 Å². The fourth-order valence-electron chi connectivity index (χ4n) is 2.88. The van der Waals surface area contributed by atoms with E-state index in [1.165, 1.54) is 18.4 Å². The standard InChI is InChI=1S/C20H22BrN3O/c1-3-5-6-14-7-10-16(11-8-14)22-20(25)19-17(4-2)23-18-12-9-15(21)13-24(18)19/h7-13H,3-6H2,1-2H3,(H,22,25). The number of nitrogens with one attached hydrogen (secondary N) is 1. The van der Waals surface area contributed by atoms with Crippen molar-refractivity contribution in [2.24, 2.45) is 0 Å². The van der Waals surface area contributed by atoms with E-state index in [0.717, 1.165) is 27.9 Å². The van der Waals surface area contributed by atoms with Crippen LogP contribution in [0, 0.1) is 0 Å². The first-order valence-corrected chi connectivity index (χ1v) is 9.48. The Morgan fingerprint density at radius 3 is 2.60 bits per heavy atom. The average molecular weight is 400 g/mol. The van der Waals surface area contributed by atoms with Gasteiger partial charge in [0.05, 0.1) is 5.69 Å². The van der Waals surface area contributed by atoms with Crippen LogP contribution in [0.25, 0.3) is 5.65 Å². The number of pyridine rings is 1. The van der Waals surface area contributed by atoms with Gasteiger partial charge in [-0.3, -0.25) is 9.20 Å². The number of amides is 1. The van der Waals surface area contributed by atoms with Crippen LogP contribution in [0.4, 0.5) is 5.69 Å². The smallest absolute Gasteiger partial charge is 0.274 e. The molecule has 1 N–H and O–H groups in total. The number of rotatable bonds is 6. The van der Waals surface area contributed by atoms with E-state index < -0.39 is 0 Å². The molecule has 0 unspecified atom stereocenters. The van der Waals surface area contributed by atoms with E-state index in [9.17, 15) is 4.79 Å². The minimum Gasteiger partial charge on any atom is -0.321 e. The van der Waals surface area contributed by atoms with Gasteiger partial charge in [-0.1, -0.05) is 32.4 Å². The molecule has 3 aromatic rings. The summed E-state index contributed by atoms with van der Waals surface area (Å²) in [5.74, 6) is -0.135. The summed E-state index contributed by atoms with van der Waals surface area (Å²) in [6, 6.07) is 11.9. The van der Waals surface area contributed by atoms with Crippen molar-refractivity contribution in [1.82, 2.24) is 9.38 Å². The molecule has 2 heterocycles. The van der Waals surface area contributed by atoms with Gasteiger partial charge in [0.25, 0.3) is 5.91 Å². The summed E-state index contributed by atoms with van der Waals surface area (Å²) in [5.41, 5.74) is 4.27. The molecule has 0 fully saturated rings. The highest BCUT2D eigenvalue weighted by molar-refractivity contribution is 9.10. The van der Waals surface area contributed by atoms with Gasteiger partial charge >= 0.3 is 0 Å². The molecule has 1 aromatic carbocycles. The molecular weight excluding hydrogens is 378 g/mol. The Morgan fingerprint density at radius 1 is 1.16 bits per heavy atom. The molecule has 5 heteroatoms. The number of hydrogen-bond donors (Lipinski definition) is 1. The number of unbranched alkanes of at least 4 members (excludes halogenated alkanes) is 1. The first kappa shape index (κ1) is 17.7. The summed E-state index contributed by atoms with van der Waals surface area (Å²) in [7, 11) is 0. The molecule has 0 saturated heterocycles. The minimum atomic E-state index is -0.135. The summed E-state index contributed by atoms with van der Waals surface area (Å²) in [6.07, 6.45) is 6.03. The second-order valence-corrected chi connectivity index (χ2v) is 7.01. The number of hydrogen-bond acceptors (Lipinski definition) is 2. The molecule has 2 aromatic heterocycles. The summed E-state index contributed by atoms with van der Waals surface area (Å²) < 4.78 is 2.75. The number of carbonyl (C=O) groups is 1. The molecule has 0 aliphatic heterocycles. The zero-order valence-electron chi connectivity index (χ0n) is 14.6. The molecule has 0 atom stereocenters. The molecular formula is C20H22BrN3O. The van der Waals surface area contributed by atoms with Gasteiger partial charge < -0.3 is 5.32 Å². The number of aryl methyl sites for hydroxylation is 2. The molecule has 0 bridgehead atoms. The van der Waals surface area contributed by atoms with E-state index in [2.05, 4.69) is 45.3 Å². The van der Waals surface area contributed by atoms with Crippen LogP contribution in [-0.4, -0.2) is 15.3 Å². The van der Waals surface area contributed by atoms with Gasteiger partial charge in [-0.15, -0.1) is 0 Å². The van der Waals surface area contributed by atoms with E-state index in [-0.39, 0.29) is 5.91 Å². The third-order valence-electron chi connectivity index (χ3n) is 4.24. The van der Waals surface area contributed by atoms with E-state index in [1.54, 1.807) is 0 Å². The highest BCUT2D eigenvalue weighted by Gasteiger charge is 2.18. The van der Waals surface area contributed by atoms with E-state index in [0.29, 0.717) is 12.1 Å². The SMILES string of the molecule is CCCCc1ccc(NC(=O)c2c(CC)nc3ccc(Br)cn23)cc1. The quantitative estimate of drug-likeness (QED) is 0.614. The highest BCUT2D eigenvalue weighted by Crippen LogP contribution is 2.19. The third kappa shape index (κ3) is 3.93. The average Bonchev–Trinajstić information content (AvgIpc) is 2.99. The Labute approximate surface area is 156 Å². The summed E-state index contributed by atoms with van der Waals surface area (Å²) in [4.78, 5) is 17.4. The zero-order valence-corrected chi connectivity index (χ0v) is 16.1. The van der Waals surface area contributed by atoms with Crippen molar-refractivity contribution in [3.05, 3.63) is 64.0 Å². The fourth-order valence-corrected chi connectivity index (χ4v) is 3.22. The van der Waals surface area contributed by atoms with Gasteiger partial charge in [0.1, 0.15) is 11.3 Å². The van der Waals surface area contributed by atoms with Crippen LogP contribution in [-0.2, 0) is 12.8 Å². The number of carbonyl (C=O) groups excluding carboxylic acids is 1. The molecule has 25 heavy (non-hydrogen) atoms. The molecule has 4 nitrogen and oxygen atoms in total. The normalized spacial score (nSPS) is 11.0. The first-order valence-electron chi connectivity index (χ1n) is 8.69. The van der Waals surface area contributed by atoms with Crippen LogP contribution in [0.5, 0.6) is 0 Å². The lowest BCUT2D eigenvalue weighted by molar-refractivity contribution is 0.102. The van der Waals surface area contributed by atoms with Crippen molar-refractivity contribution in [2.45, 2.75) is 39.5 Å². The predicted molar refractivity (Wildman–Crippen MR) is 105 cm³/mol. The van der Waals surface area contributed by atoms with Gasteiger partial charge in [-0.05, 0) is 65.0 Å². The second kappa shape index (κ2) is 7.83. The predicted octanol–water partition coefficient (Wildman–Crippen LogP) is 5.25. The number of halogens is 1. The topological polar surface area (TPSA) is 46.4 Å². The van der Waals surface area contributed by atoms with Crippen LogP contribution in [0.3, 0.4) is 0 Å². The van der Waals surface area contributed by atoms with Crippen molar-refractivity contribution < 1.29 is 4.79 Å². The number of nitrogens with zero attached hydrogens (tertiary/aromatic N) is 2. The number of fused-ring (bicyclic) bond motifs is 1. The maximum absolute atomic E-state index is 12.8. The Hall–Kier alpha value is -2.14. The fraction of sp³-hybridized carbons (Fsp3) is 0.300. The maximum atomic E-state index is 12.8. The molecule has 0 saturated carbocycles. The molecule has 0 radical (unpaired) electrons. The van der Waals surface area contributed by atoms with Crippen LogP contribution in [0.15, 0.2) is 47.1 Å². The lowest BCUT2D eigenvalue weighted by Gasteiger charge is -2.08. The van der Waals surface area contributed by atoms with Crippen LogP contribution in [0.1, 0.15) is 48.4 Å².